The second-order valence-corrected chi connectivity index (χ2v) is 5.39. The van der Waals surface area contributed by atoms with Crippen molar-refractivity contribution in [1.82, 2.24) is 0 Å². The van der Waals surface area contributed by atoms with Crippen LogP contribution in [-0.2, 0) is 11.9 Å². The van der Waals surface area contributed by atoms with E-state index < -0.39 is 11.6 Å². The van der Waals surface area contributed by atoms with Gasteiger partial charge in [-0.1, -0.05) is 31.9 Å². The molecule has 0 spiro atoms. The van der Waals surface area contributed by atoms with Crippen molar-refractivity contribution in [3.63, 3.8) is 0 Å². The van der Waals surface area contributed by atoms with Crippen molar-refractivity contribution in [1.29, 1.82) is 0 Å². The van der Waals surface area contributed by atoms with Crippen LogP contribution in [0.2, 0.25) is 0 Å². The van der Waals surface area contributed by atoms with Gasteiger partial charge in [0.25, 0.3) is 0 Å². The summed E-state index contributed by atoms with van der Waals surface area (Å²) in [6, 6.07) is 8.86. The van der Waals surface area contributed by atoms with Crippen LogP contribution in [0.4, 0.5) is 8.78 Å². The molecule has 19 heavy (non-hydrogen) atoms. The van der Waals surface area contributed by atoms with Crippen LogP contribution in [0.15, 0.2) is 40.9 Å². The van der Waals surface area contributed by atoms with E-state index in [1.54, 1.807) is 6.07 Å². The summed E-state index contributed by atoms with van der Waals surface area (Å²) in [6.07, 6.45) is 0. The highest BCUT2D eigenvalue weighted by molar-refractivity contribution is 9.10. The molecule has 0 atom stereocenters. The third kappa shape index (κ3) is 3.76. The summed E-state index contributed by atoms with van der Waals surface area (Å²) >= 11 is 6.73. The van der Waals surface area contributed by atoms with Crippen LogP contribution in [0.5, 0.6) is 5.75 Å². The Labute approximate surface area is 126 Å². The summed E-state index contributed by atoms with van der Waals surface area (Å²) in [4.78, 5) is 0. The largest absolute Gasteiger partial charge is 0.488 e. The van der Waals surface area contributed by atoms with E-state index in [1.165, 1.54) is 0 Å². The molecule has 2 aromatic rings. The Morgan fingerprint density at radius 2 is 1.79 bits per heavy atom. The highest BCUT2D eigenvalue weighted by Gasteiger charge is 2.07. The summed E-state index contributed by atoms with van der Waals surface area (Å²) in [5.41, 5.74) is 1.13. The molecule has 0 radical (unpaired) electrons. The van der Waals surface area contributed by atoms with Crippen LogP contribution in [0.25, 0.3) is 0 Å². The molecule has 100 valence electrons. The third-order valence-electron chi connectivity index (χ3n) is 2.56. The predicted octanol–water partition coefficient (Wildman–Crippen LogP) is 5.20. The van der Waals surface area contributed by atoms with E-state index in [0.29, 0.717) is 11.1 Å². The number of alkyl halides is 1. The van der Waals surface area contributed by atoms with Crippen molar-refractivity contribution in [3.8, 4) is 5.75 Å². The molecule has 0 aromatic heterocycles. The summed E-state index contributed by atoms with van der Waals surface area (Å²) < 4.78 is 33.0. The number of halogens is 4. The Balaban J connectivity index is 2.16. The first-order chi connectivity index (χ1) is 9.10. The van der Waals surface area contributed by atoms with Crippen molar-refractivity contribution in [3.05, 3.63) is 63.6 Å². The van der Waals surface area contributed by atoms with Crippen LogP contribution < -0.4 is 4.74 Å². The maximum atomic E-state index is 13.5. The molecule has 0 heterocycles. The minimum absolute atomic E-state index is 0.00870. The van der Waals surface area contributed by atoms with Gasteiger partial charge in [0.15, 0.2) is 0 Å². The van der Waals surface area contributed by atoms with Gasteiger partial charge in [-0.3, -0.25) is 0 Å². The topological polar surface area (TPSA) is 9.23 Å². The Hall–Kier alpha value is -0.940. The molecule has 0 N–H and O–H groups in total. The van der Waals surface area contributed by atoms with Crippen molar-refractivity contribution < 1.29 is 13.5 Å². The molecule has 1 nitrogen and oxygen atoms in total. The van der Waals surface area contributed by atoms with E-state index >= 15 is 0 Å². The SMILES string of the molecule is Fc1ccc(F)c(COc2ccc(Br)cc2CBr)c1. The normalized spacial score (nSPS) is 10.5. The van der Waals surface area contributed by atoms with Gasteiger partial charge < -0.3 is 4.74 Å². The zero-order valence-electron chi connectivity index (χ0n) is 9.80. The fraction of sp³-hybridized carbons (Fsp3) is 0.143. The summed E-state index contributed by atoms with van der Waals surface area (Å²) in [6.45, 7) is -0.00870. The molecular weight excluding hydrogens is 382 g/mol. The second-order valence-electron chi connectivity index (χ2n) is 3.91. The molecule has 0 aliphatic carbocycles. The second kappa shape index (κ2) is 6.48. The Bertz CT molecular complexity index is 588. The van der Waals surface area contributed by atoms with E-state index in [4.69, 9.17) is 4.74 Å². The summed E-state index contributed by atoms with van der Waals surface area (Å²) in [5.74, 6) is -0.306. The maximum Gasteiger partial charge on any atom is 0.130 e. The van der Waals surface area contributed by atoms with Gasteiger partial charge in [0.1, 0.15) is 24.0 Å². The monoisotopic (exact) mass is 390 g/mol. The number of hydrogen-bond acceptors (Lipinski definition) is 1. The van der Waals surface area contributed by atoms with Gasteiger partial charge >= 0.3 is 0 Å². The highest BCUT2D eigenvalue weighted by atomic mass is 79.9. The first kappa shape index (κ1) is 14.5. The van der Waals surface area contributed by atoms with Crippen LogP contribution in [0.3, 0.4) is 0 Å². The Morgan fingerprint density at radius 3 is 2.53 bits per heavy atom. The number of hydrogen-bond donors (Lipinski definition) is 0. The van der Waals surface area contributed by atoms with Crippen molar-refractivity contribution in [2.45, 2.75) is 11.9 Å². The predicted molar refractivity (Wildman–Crippen MR) is 77.5 cm³/mol. The molecular formula is C14H10Br2F2O. The summed E-state index contributed by atoms with van der Waals surface area (Å²) in [7, 11) is 0. The van der Waals surface area contributed by atoms with Crippen LogP contribution >= 0.6 is 31.9 Å². The zero-order valence-corrected chi connectivity index (χ0v) is 13.0. The van der Waals surface area contributed by atoms with Gasteiger partial charge in [-0.05, 0) is 36.4 Å². The molecule has 5 heteroatoms. The number of rotatable bonds is 4. The lowest BCUT2D eigenvalue weighted by Gasteiger charge is -2.11. The first-order valence-corrected chi connectivity index (χ1v) is 7.42. The van der Waals surface area contributed by atoms with Gasteiger partial charge in [0.05, 0.1) is 0 Å². The Morgan fingerprint density at radius 1 is 1.00 bits per heavy atom. The maximum absolute atomic E-state index is 13.5. The number of benzene rings is 2. The summed E-state index contributed by atoms with van der Waals surface area (Å²) in [5, 5.41) is 0.618. The van der Waals surface area contributed by atoms with Crippen LogP contribution in [-0.4, -0.2) is 0 Å². The molecule has 2 aromatic carbocycles. The van der Waals surface area contributed by atoms with Gasteiger partial charge in [-0.2, -0.15) is 0 Å². The van der Waals surface area contributed by atoms with E-state index in [2.05, 4.69) is 31.9 Å². The van der Waals surface area contributed by atoms with Crippen molar-refractivity contribution in [2.75, 3.05) is 0 Å². The van der Waals surface area contributed by atoms with E-state index in [0.717, 1.165) is 28.2 Å². The molecule has 0 amide bonds. The lowest BCUT2D eigenvalue weighted by Crippen LogP contribution is -2.01. The fourth-order valence-electron chi connectivity index (χ4n) is 1.60. The van der Waals surface area contributed by atoms with Gasteiger partial charge in [0.2, 0.25) is 0 Å². The molecule has 0 unspecified atom stereocenters. The highest BCUT2D eigenvalue weighted by Crippen LogP contribution is 2.26. The van der Waals surface area contributed by atoms with E-state index in [-0.39, 0.29) is 12.2 Å². The zero-order chi connectivity index (χ0) is 13.8. The van der Waals surface area contributed by atoms with E-state index in [9.17, 15) is 8.78 Å². The minimum Gasteiger partial charge on any atom is -0.488 e. The molecule has 0 fully saturated rings. The van der Waals surface area contributed by atoms with Crippen molar-refractivity contribution in [2.24, 2.45) is 0 Å². The fourth-order valence-corrected chi connectivity index (χ4v) is 2.45. The van der Waals surface area contributed by atoms with Gasteiger partial charge in [0, 0.05) is 20.9 Å². The van der Waals surface area contributed by atoms with Crippen LogP contribution in [0, 0.1) is 11.6 Å². The van der Waals surface area contributed by atoms with Gasteiger partial charge in [-0.15, -0.1) is 0 Å². The molecule has 2 rings (SSSR count). The lowest BCUT2D eigenvalue weighted by molar-refractivity contribution is 0.297. The molecule has 0 saturated heterocycles. The van der Waals surface area contributed by atoms with Crippen LogP contribution in [0.1, 0.15) is 11.1 Å². The molecule has 0 saturated carbocycles. The standard InChI is InChI=1S/C14H10Br2F2O/c15-7-9-5-11(16)1-4-14(9)19-8-10-6-12(17)2-3-13(10)18/h1-6H,7-8H2. The van der Waals surface area contributed by atoms with Crippen molar-refractivity contribution >= 4 is 31.9 Å². The third-order valence-corrected chi connectivity index (χ3v) is 3.65. The van der Waals surface area contributed by atoms with E-state index in [1.807, 2.05) is 12.1 Å². The number of ether oxygens (including phenoxy) is 1. The first-order valence-electron chi connectivity index (χ1n) is 5.51. The molecule has 0 aliphatic rings. The smallest absolute Gasteiger partial charge is 0.130 e. The average molecular weight is 392 g/mol. The molecule has 0 aliphatic heterocycles. The average Bonchev–Trinajstić information content (AvgIpc) is 2.40. The lowest BCUT2D eigenvalue weighted by atomic mass is 10.2. The molecule has 0 bridgehead atoms. The minimum atomic E-state index is -0.475. The quantitative estimate of drug-likeness (QED) is 0.650. The Kier molecular flexibility index (Phi) is 4.93. The van der Waals surface area contributed by atoms with Gasteiger partial charge in [-0.25, -0.2) is 8.78 Å².